The molecule has 2 fully saturated rings. The predicted octanol–water partition coefficient (Wildman–Crippen LogP) is 4.89. The van der Waals surface area contributed by atoms with Crippen molar-refractivity contribution in [3.8, 4) is 0 Å². The Bertz CT molecular complexity index is 659. The average molecular weight is 422 g/mol. The van der Waals surface area contributed by atoms with Crippen molar-refractivity contribution < 1.29 is 18.0 Å². The minimum atomic E-state index is -4.54. The summed E-state index contributed by atoms with van der Waals surface area (Å²) in [4.78, 5) is 14.9. The molecule has 140 valence electrons. The van der Waals surface area contributed by atoms with E-state index in [2.05, 4.69) is 21.0 Å². The lowest BCUT2D eigenvalue weighted by Crippen LogP contribution is -2.50. The van der Waals surface area contributed by atoms with Gasteiger partial charge >= 0.3 is 6.18 Å². The Labute approximate surface area is 153 Å². The molecule has 8 heteroatoms. The van der Waals surface area contributed by atoms with E-state index in [4.69, 9.17) is 0 Å². The molecule has 4 nitrogen and oxygen atoms in total. The van der Waals surface area contributed by atoms with Gasteiger partial charge in [0.2, 0.25) is 5.91 Å². The third-order valence-electron chi connectivity index (χ3n) is 5.29. The zero-order chi connectivity index (χ0) is 18.5. The smallest absolute Gasteiger partial charge is 0.335 e. The SMILES string of the molecule is C[C@H](C(=O)N1[C@@H](C)CCC[C@@H]1C)n1nc(C(F)(F)F)c(Br)c1C1CC1. The average Bonchev–Trinajstić information content (AvgIpc) is 3.27. The maximum absolute atomic E-state index is 13.3. The van der Waals surface area contributed by atoms with Gasteiger partial charge in [0.05, 0.1) is 10.2 Å². The van der Waals surface area contributed by atoms with Gasteiger partial charge in [0.25, 0.3) is 0 Å². The van der Waals surface area contributed by atoms with Gasteiger partial charge in [-0.3, -0.25) is 9.48 Å². The highest BCUT2D eigenvalue weighted by atomic mass is 79.9. The van der Waals surface area contributed by atoms with Gasteiger partial charge in [-0.2, -0.15) is 18.3 Å². The summed E-state index contributed by atoms with van der Waals surface area (Å²) >= 11 is 3.09. The van der Waals surface area contributed by atoms with Crippen LogP contribution in [0.25, 0.3) is 0 Å². The summed E-state index contributed by atoms with van der Waals surface area (Å²) in [6, 6.07) is -0.542. The minimum Gasteiger partial charge on any atom is -0.335 e. The molecule has 1 aliphatic carbocycles. The molecular formula is C17H23BrF3N3O. The summed E-state index contributed by atoms with van der Waals surface area (Å²) in [5, 5.41) is 3.81. The number of carbonyl (C=O) groups is 1. The van der Waals surface area contributed by atoms with Crippen LogP contribution in [0.3, 0.4) is 0 Å². The molecule has 3 rings (SSSR count). The third-order valence-corrected chi connectivity index (χ3v) is 6.07. The van der Waals surface area contributed by atoms with E-state index in [0.29, 0.717) is 5.69 Å². The minimum absolute atomic E-state index is 0.0121. The number of piperidine rings is 1. The summed E-state index contributed by atoms with van der Waals surface area (Å²) in [5.74, 6) is -0.102. The number of carbonyl (C=O) groups excluding carboxylic acids is 1. The van der Waals surface area contributed by atoms with E-state index in [9.17, 15) is 18.0 Å². The zero-order valence-electron chi connectivity index (χ0n) is 14.6. The number of nitrogens with zero attached hydrogens (tertiary/aromatic N) is 3. The van der Waals surface area contributed by atoms with Gasteiger partial charge in [0.15, 0.2) is 5.69 Å². The van der Waals surface area contributed by atoms with Crippen LogP contribution < -0.4 is 0 Å². The number of alkyl halides is 3. The van der Waals surface area contributed by atoms with Crippen molar-refractivity contribution in [3.05, 3.63) is 15.9 Å². The Kier molecular flexibility index (Phi) is 4.94. The number of hydrogen-bond donors (Lipinski definition) is 0. The molecule has 2 heterocycles. The summed E-state index contributed by atoms with van der Waals surface area (Å²) in [5.41, 5.74) is -0.431. The Hall–Kier alpha value is -1.05. The number of halogens is 4. The Morgan fingerprint density at radius 2 is 1.76 bits per heavy atom. The second-order valence-electron chi connectivity index (χ2n) is 7.31. The van der Waals surface area contributed by atoms with Crippen molar-refractivity contribution in [2.45, 2.75) is 83.1 Å². The van der Waals surface area contributed by atoms with Gasteiger partial charge in [-0.1, -0.05) is 0 Å². The van der Waals surface area contributed by atoms with Crippen LogP contribution in [0.2, 0.25) is 0 Å². The number of amides is 1. The lowest BCUT2D eigenvalue weighted by Gasteiger charge is -2.40. The van der Waals surface area contributed by atoms with E-state index in [1.165, 1.54) is 4.68 Å². The third kappa shape index (κ3) is 3.46. The van der Waals surface area contributed by atoms with Gasteiger partial charge in [0, 0.05) is 18.0 Å². The topological polar surface area (TPSA) is 38.1 Å². The second kappa shape index (κ2) is 6.59. The van der Waals surface area contributed by atoms with E-state index in [0.717, 1.165) is 32.1 Å². The molecule has 1 aromatic rings. The van der Waals surface area contributed by atoms with Gasteiger partial charge in [-0.15, -0.1) is 0 Å². The molecule has 0 unspecified atom stereocenters. The Morgan fingerprint density at radius 1 is 1.20 bits per heavy atom. The van der Waals surface area contributed by atoms with Gasteiger partial charge in [-0.25, -0.2) is 0 Å². The van der Waals surface area contributed by atoms with Crippen molar-refractivity contribution in [1.82, 2.24) is 14.7 Å². The summed E-state index contributed by atoms with van der Waals surface area (Å²) in [6.45, 7) is 5.66. The molecule has 25 heavy (non-hydrogen) atoms. The maximum atomic E-state index is 13.3. The molecule has 0 bridgehead atoms. The van der Waals surface area contributed by atoms with Crippen molar-refractivity contribution in [3.63, 3.8) is 0 Å². The monoisotopic (exact) mass is 421 g/mol. The quantitative estimate of drug-likeness (QED) is 0.696. The molecule has 1 aromatic heterocycles. The second-order valence-corrected chi connectivity index (χ2v) is 8.11. The molecule has 1 aliphatic heterocycles. The Morgan fingerprint density at radius 3 is 2.24 bits per heavy atom. The molecule has 0 radical (unpaired) electrons. The van der Waals surface area contributed by atoms with Gasteiger partial charge in [-0.05, 0) is 68.8 Å². The first kappa shape index (κ1) is 18.7. The van der Waals surface area contributed by atoms with E-state index >= 15 is 0 Å². The van der Waals surface area contributed by atoms with Crippen LogP contribution in [0.5, 0.6) is 0 Å². The summed E-state index contributed by atoms with van der Waals surface area (Å²) < 4.78 is 41.1. The van der Waals surface area contributed by atoms with Crippen LogP contribution in [0, 0.1) is 0 Å². The summed E-state index contributed by atoms with van der Waals surface area (Å²) in [6.07, 6.45) is 0.0450. The summed E-state index contributed by atoms with van der Waals surface area (Å²) in [7, 11) is 0. The largest absolute Gasteiger partial charge is 0.436 e. The molecule has 0 spiro atoms. The predicted molar refractivity (Wildman–Crippen MR) is 91.2 cm³/mol. The lowest BCUT2D eigenvalue weighted by molar-refractivity contribution is -0.144. The highest BCUT2D eigenvalue weighted by Gasteiger charge is 2.44. The molecular weight excluding hydrogens is 399 g/mol. The molecule has 2 aliphatic rings. The molecule has 1 saturated carbocycles. The molecule has 1 saturated heterocycles. The maximum Gasteiger partial charge on any atom is 0.436 e. The van der Waals surface area contributed by atoms with E-state index < -0.39 is 17.9 Å². The number of aromatic nitrogens is 2. The van der Waals surface area contributed by atoms with Crippen molar-refractivity contribution in [1.29, 1.82) is 0 Å². The fourth-order valence-electron chi connectivity index (χ4n) is 3.80. The van der Waals surface area contributed by atoms with Crippen molar-refractivity contribution in [2.75, 3.05) is 0 Å². The van der Waals surface area contributed by atoms with Crippen molar-refractivity contribution >= 4 is 21.8 Å². The first-order chi connectivity index (χ1) is 11.6. The van der Waals surface area contributed by atoms with E-state index in [1.54, 1.807) is 6.92 Å². The molecule has 1 amide bonds. The molecule has 0 N–H and O–H groups in total. The highest BCUT2D eigenvalue weighted by molar-refractivity contribution is 9.10. The van der Waals surface area contributed by atoms with E-state index in [-0.39, 0.29) is 28.4 Å². The number of hydrogen-bond acceptors (Lipinski definition) is 2. The zero-order valence-corrected chi connectivity index (χ0v) is 16.2. The van der Waals surface area contributed by atoms with Crippen molar-refractivity contribution in [2.24, 2.45) is 0 Å². The van der Waals surface area contributed by atoms with Crippen LogP contribution in [0.15, 0.2) is 4.47 Å². The van der Waals surface area contributed by atoms with E-state index in [1.807, 2.05) is 18.7 Å². The van der Waals surface area contributed by atoms with Crippen LogP contribution in [0.1, 0.15) is 76.2 Å². The van der Waals surface area contributed by atoms with Crippen LogP contribution >= 0.6 is 15.9 Å². The fourth-order valence-corrected chi connectivity index (χ4v) is 4.61. The molecule has 0 aromatic carbocycles. The Balaban J connectivity index is 1.96. The van der Waals surface area contributed by atoms with Gasteiger partial charge in [0.1, 0.15) is 6.04 Å². The van der Waals surface area contributed by atoms with Crippen LogP contribution in [0.4, 0.5) is 13.2 Å². The van der Waals surface area contributed by atoms with Crippen LogP contribution in [-0.2, 0) is 11.0 Å². The highest BCUT2D eigenvalue weighted by Crippen LogP contribution is 2.48. The normalized spacial score (nSPS) is 26.0. The molecule has 3 atom stereocenters. The first-order valence-corrected chi connectivity index (χ1v) is 9.59. The van der Waals surface area contributed by atoms with Crippen LogP contribution in [-0.4, -0.2) is 32.7 Å². The fraction of sp³-hybridized carbons (Fsp3) is 0.765. The number of likely N-dealkylation sites (tertiary alicyclic amines) is 1. The lowest BCUT2D eigenvalue weighted by atomic mass is 9.96. The van der Waals surface area contributed by atoms with Gasteiger partial charge < -0.3 is 4.90 Å². The standard InChI is InChI=1S/C17H23BrF3N3O/c1-9-5-4-6-10(2)23(9)16(25)11(3)24-14(12-7-8-12)13(18)15(22-24)17(19,20)21/h9-12H,4-8H2,1-3H3/t9-,10-,11+/m0/s1. The number of rotatable bonds is 3. The first-order valence-electron chi connectivity index (χ1n) is 8.80.